The molecule has 3 aromatic carbocycles. The minimum atomic E-state index is -0.995. The Morgan fingerprint density at radius 3 is 1.76 bits per heavy atom. The van der Waals surface area contributed by atoms with Crippen LogP contribution in [0.3, 0.4) is 0 Å². The number of rotatable bonds is 6. The summed E-state index contributed by atoms with van der Waals surface area (Å²) in [6, 6.07) is 20.7. The van der Waals surface area contributed by atoms with Gasteiger partial charge in [0, 0.05) is 17.1 Å². The molecule has 0 saturated heterocycles. The third kappa shape index (κ3) is 4.66. The second-order valence-electron chi connectivity index (χ2n) is 8.23. The van der Waals surface area contributed by atoms with Crippen LogP contribution in [0.15, 0.2) is 78.9 Å². The van der Waals surface area contributed by atoms with Gasteiger partial charge >= 0.3 is 6.03 Å². The van der Waals surface area contributed by atoms with Gasteiger partial charge in [-0.15, -0.1) is 0 Å². The highest BCUT2D eigenvalue weighted by molar-refractivity contribution is 6.23. The first kappa shape index (κ1) is 22.7. The van der Waals surface area contributed by atoms with E-state index in [0.29, 0.717) is 28.2 Å². The summed E-state index contributed by atoms with van der Waals surface area (Å²) < 4.78 is 0. The van der Waals surface area contributed by atoms with Crippen molar-refractivity contribution in [2.75, 3.05) is 16.0 Å². The van der Waals surface area contributed by atoms with E-state index in [0.717, 1.165) is 4.90 Å². The summed E-state index contributed by atoms with van der Waals surface area (Å²) >= 11 is 0. The second kappa shape index (κ2) is 9.58. The van der Waals surface area contributed by atoms with E-state index >= 15 is 0 Å². The molecule has 1 unspecified atom stereocenters. The van der Waals surface area contributed by atoms with Gasteiger partial charge in [-0.3, -0.25) is 19.3 Å². The summed E-state index contributed by atoms with van der Waals surface area (Å²) in [4.78, 5) is 52.3. The van der Waals surface area contributed by atoms with E-state index in [1.54, 1.807) is 74.5 Å². The van der Waals surface area contributed by atoms with Gasteiger partial charge in [-0.25, -0.2) is 4.79 Å². The zero-order valence-corrected chi connectivity index (χ0v) is 18.7. The molecule has 0 aromatic heterocycles. The topological polar surface area (TPSA) is 108 Å². The zero-order chi connectivity index (χ0) is 24.2. The molecule has 0 saturated carbocycles. The fraction of sp³-hybridized carbons (Fsp3) is 0.154. The predicted octanol–water partition coefficient (Wildman–Crippen LogP) is 4.59. The van der Waals surface area contributed by atoms with Crippen molar-refractivity contribution in [3.8, 4) is 0 Å². The number of amides is 5. The number of hydrogen-bond acceptors (Lipinski definition) is 4. The number of carbonyl (C=O) groups excluding carboxylic acids is 4. The van der Waals surface area contributed by atoms with E-state index in [-0.39, 0.29) is 5.92 Å². The zero-order valence-electron chi connectivity index (χ0n) is 18.7. The monoisotopic (exact) mass is 456 g/mol. The van der Waals surface area contributed by atoms with Gasteiger partial charge in [0.05, 0.1) is 11.1 Å². The Morgan fingerprint density at radius 1 is 0.676 bits per heavy atom. The summed E-state index contributed by atoms with van der Waals surface area (Å²) in [5.74, 6) is -1.78. The molecule has 3 aromatic rings. The van der Waals surface area contributed by atoms with Crippen LogP contribution in [0.5, 0.6) is 0 Å². The predicted molar refractivity (Wildman–Crippen MR) is 130 cm³/mol. The molecule has 0 spiro atoms. The van der Waals surface area contributed by atoms with Crippen LogP contribution in [0.2, 0.25) is 0 Å². The average Bonchev–Trinajstić information content (AvgIpc) is 3.05. The van der Waals surface area contributed by atoms with Crippen molar-refractivity contribution in [1.29, 1.82) is 0 Å². The summed E-state index contributed by atoms with van der Waals surface area (Å²) in [7, 11) is 0. The number of carbonyl (C=O) groups is 4. The Bertz CT molecular complexity index is 1220. The van der Waals surface area contributed by atoms with Crippen molar-refractivity contribution in [3.05, 3.63) is 90.0 Å². The van der Waals surface area contributed by atoms with Gasteiger partial charge in [0.1, 0.15) is 6.04 Å². The van der Waals surface area contributed by atoms with Crippen LogP contribution in [0, 0.1) is 5.92 Å². The number of benzene rings is 3. The lowest BCUT2D eigenvalue weighted by Crippen LogP contribution is -2.50. The molecule has 3 N–H and O–H groups in total. The number of para-hydroxylation sites is 1. The third-order valence-electron chi connectivity index (χ3n) is 5.42. The highest BCUT2D eigenvalue weighted by Crippen LogP contribution is 2.28. The highest BCUT2D eigenvalue weighted by Gasteiger charge is 2.43. The van der Waals surface area contributed by atoms with Crippen LogP contribution < -0.4 is 16.0 Å². The maximum absolute atomic E-state index is 13.2. The van der Waals surface area contributed by atoms with Gasteiger partial charge in [0.2, 0.25) is 5.91 Å². The normalized spacial score (nSPS) is 13.4. The number of nitrogens with zero attached hydrogens (tertiary/aromatic N) is 1. The summed E-state index contributed by atoms with van der Waals surface area (Å²) in [6.45, 7) is 3.55. The first-order valence-corrected chi connectivity index (χ1v) is 10.9. The number of nitrogens with one attached hydrogen (secondary N) is 3. The molecule has 5 amide bonds. The lowest BCUT2D eigenvalue weighted by molar-refractivity contribution is -0.121. The fourth-order valence-corrected chi connectivity index (χ4v) is 3.88. The van der Waals surface area contributed by atoms with Crippen LogP contribution in [0.1, 0.15) is 34.6 Å². The van der Waals surface area contributed by atoms with Crippen LogP contribution in [0.4, 0.5) is 21.9 Å². The lowest BCUT2D eigenvalue weighted by Gasteiger charge is -2.28. The van der Waals surface area contributed by atoms with Crippen molar-refractivity contribution in [1.82, 2.24) is 4.90 Å². The molecule has 1 aliphatic rings. The summed E-state index contributed by atoms with van der Waals surface area (Å²) in [6.07, 6.45) is 0. The largest absolute Gasteiger partial charge is 0.324 e. The maximum Gasteiger partial charge on any atom is 0.323 e. The molecule has 0 bridgehead atoms. The van der Waals surface area contributed by atoms with Gasteiger partial charge < -0.3 is 16.0 Å². The van der Waals surface area contributed by atoms with Crippen molar-refractivity contribution < 1.29 is 19.2 Å². The molecule has 4 rings (SSSR count). The maximum atomic E-state index is 13.2. The Kier molecular flexibility index (Phi) is 6.40. The number of anilines is 3. The van der Waals surface area contributed by atoms with Crippen LogP contribution in [-0.4, -0.2) is 34.7 Å². The average molecular weight is 457 g/mol. The molecule has 8 heteroatoms. The van der Waals surface area contributed by atoms with Gasteiger partial charge in [0.15, 0.2) is 0 Å². The number of fused-ring (bicyclic) bond motifs is 1. The number of hydrogen-bond donors (Lipinski definition) is 3. The van der Waals surface area contributed by atoms with Crippen molar-refractivity contribution >= 4 is 40.8 Å². The number of imide groups is 1. The lowest BCUT2D eigenvalue weighted by atomic mass is 10.0. The Balaban J connectivity index is 1.47. The molecule has 1 atom stereocenters. The minimum Gasteiger partial charge on any atom is -0.324 e. The van der Waals surface area contributed by atoms with E-state index in [2.05, 4.69) is 16.0 Å². The molecule has 1 aliphatic heterocycles. The Hall–Kier alpha value is -4.46. The molecule has 0 fully saturated rings. The van der Waals surface area contributed by atoms with E-state index in [1.165, 1.54) is 0 Å². The molecular weight excluding hydrogens is 432 g/mol. The number of urea groups is 1. The molecule has 34 heavy (non-hydrogen) atoms. The smallest absolute Gasteiger partial charge is 0.323 e. The van der Waals surface area contributed by atoms with Crippen LogP contribution in [-0.2, 0) is 4.79 Å². The van der Waals surface area contributed by atoms with Crippen molar-refractivity contribution in [2.45, 2.75) is 19.9 Å². The van der Waals surface area contributed by atoms with E-state index in [4.69, 9.17) is 0 Å². The highest BCUT2D eigenvalue weighted by atomic mass is 16.2. The first-order valence-electron chi connectivity index (χ1n) is 10.9. The minimum absolute atomic E-state index is 0.293. The SMILES string of the molecule is CC(C)C(C(=O)Nc1cccc(NC(=O)Nc2ccccc2)c1)N1C(=O)c2ccccc2C1=O. The summed E-state index contributed by atoms with van der Waals surface area (Å²) in [5.41, 5.74) is 2.12. The van der Waals surface area contributed by atoms with Crippen molar-refractivity contribution in [2.24, 2.45) is 5.92 Å². The standard InChI is InChI=1S/C26H24N4O4/c1-16(2)22(30-24(32)20-13-6-7-14-21(20)25(30)33)23(31)27-18-11-8-12-19(15-18)29-26(34)28-17-9-4-3-5-10-17/h3-16,22H,1-2H3,(H,27,31)(H2,28,29,34). The van der Waals surface area contributed by atoms with Gasteiger partial charge in [-0.1, -0.05) is 50.2 Å². The van der Waals surface area contributed by atoms with Crippen molar-refractivity contribution in [3.63, 3.8) is 0 Å². The second-order valence-corrected chi connectivity index (χ2v) is 8.23. The quantitative estimate of drug-likeness (QED) is 0.472. The molecule has 172 valence electrons. The van der Waals surface area contributed by atoms with E-state index in [1.807, 2.05) is 18.2 Å². The van der Waals surface area contributed by atoms with Crippen LogP contribution in [0.25, 0.3) is 0 Å². The third-order valence-corrected chi connectivity index (χ3v) is 5.42. The van der Waals surface area contributed by atoms with Crippen LogP contribution >= 0.6 is 0 Å². The van der Waals surface area contributed by atoms with Gasteiger partial charge in [0.25, 0.3) is 11.8 Å². The Labute approximate surface area is 197 Å². The summed E-state index contributed by atoms with van der Waals surface area (Å²) in [5, 5.41) is 8.21. The van der Waals surface area contributed by atoms with Gasteiger partial charge in [-0.2, -0.15) is 0 Å². The molecular formula is C26H24N4O4. The Morgan fingerprint density at radius 2 is 1.18 bits per heavy atom. The molecule has 0 radical (unpaired) electrons. The van der Waals surface area contributed by atoms with E-state index in [9.17, 15) is 19.2 Å². The first-order chi connectivity index (χ1) is 16.3. The molecule has 8 nitrogen and oxygen atoms in total. The molecule has 1 heterocycles. The van der Waals surface area contributed by atoms with E-state index < -0.39 is 29.8 Å². The van der Waals surface area contributed by atoms with Gasteiger partial charge in [-0.05, 0) is 48.4 Å². The fourth-order valence-electron chi connectivity index (χ4n) is 3.88. The molecule has 0 aliphatic carbocycles.